The van der Waals surface area contributed by atoms with E-state index in [4.69, 9.17) is 0 Å². The molecular weight excluding hydrogens is 319 g/mol. The van der Waals surface area contributed by atoms with Gasteiger partial charge >= 0.3 is 6.18 Å². The van der Waals surface area contributed by atoms with Crippen LogP contribution < -0.4 is 10.6 Å². The largest absolute Gasteiger partial charge is 0.416 e. The van der Waals surface area contributed by atoms with Crippen LogP contribution in [0.4, 0.5) is 13.2 Å². The van der Waals surface area contributed by atoms with Crippen molar-refractivity contribution in [3.8, 4) is 0 Å². The number of rotatable bonds is 5. The number of alkyl halides is 3. The molecule has 0 aliphatic carbocycles. The Morgan fingerprint density at radius 1 is 1.29 bits per heavy atom. The van der Waals surface area contributed by atoms with E-state index in [0.717, 1.165) is 24.2 Å². The lowest BCUT2D eigenvalue weighted by Crippen LogP contribution is -2.45. The number of amides is 1. The highest BCUT2D eigenvalue weighted by Gasteiger charge is 2.37. The third-order valence-electron chi connectivity index (χ3n) is 4.43. The Bertz CT molecular complexity index is 557. The van der Waals surface area contributed by atoms with Gasteiger partial charge in [-0.25, -0.2) is 0 Å². The van der Waals surface area contributed by atoms with Gasteiger partial charge in [0.25, 0.3) is 0 Å². The number of hydrogen-bond donors (Lipinski definition) is 2. The zero-order valence-electron chi connectivity index (χ0n) is 14.2. The Hall–Kier alpha value is -1.60. The molecule has 2 N–H and O–H groups in total. The van der Waals surface area contributed by atoms with Crippen LogP contribution in [0.15, 0.2) is 24.3 Å². The molecule has 24 heavy (non-hydrogen) atoms. The molecule has 0 aromatic heterocycles. The van der Waals surface area contributed by atoms with Gasteiger partial charge < -0.3 is 10.6 Å². The van der Waals surface area contributed by atoms with Gasteiger partial charge in [-0.3, -0.25) is 9.69 Å². The highest BCUT2D eigenvalue weighted by Crippen LogP contribution is 2.29. The first-order chi connectivity index (χ1) is 11.2. The first-order valence-electron chi connectivity index (χ1n) is 8.09. The summed E-state index contributed by atoms with van der Waals surface area (Å²) in [5, 5.41) is 6.04. The summed E-state index contributed by atoms with van der Waals surface area (Å²) in [6.45, 7) is 5.33. The second-order valence-corrected chi connectivity index (χ2v) is 6.43. The lowest BCUT2D eigenvalue weighted by Gasteiger charge is -2.26. The van der Waals surface area contributed by atoms with Crippen molar-refractivity contribution in [3.05, 3.63) is 35.4 Å². The van der Waals surface area contributed by atoms with Crippen molar-refractivity contribution in [1.29, 1.82) is 0 Å². The van der Waals surface area contributed by atoms with Gasteiger partial charge in [0, 0.05) is 32.2 Å². The number of carbonyl (C=O) groups is 1. The molecule has 0 unspecified atom stereocenters. The fourth-order valence-corrected chi connectivity index (χ4v) is 3.08. The maximum Gasteiger partial charge on any atom is 0.416 e. The van der Waals surface area contributed by atoms with Crippen LogP contribution in [-0.2, 0) is 17.5 Å². The Labute approximate surface area is 140 Å². The molecule has 1 amide bonds. The van der Waals surface area contributed by atoms with Crippen LogP contribution in [0.2, 0.25) is 0 Å². The minimum absolute atomic E-state index is 0.00234. The number of likely N-dealkylation sites (tertiary alicyclic amines) is 1. The molecule has 2 rings (SSSR count). The minimum atomic E-state index is -4.31. The van der Waals surface area contributed by atoms with E-state index in [2.05, 4.69) is 15.5 Å². The Kier molecular flexibility index (Phi) is 5.87. The average molecular weight is 343 g/mol. The van der Waals surface area contributed by atoms with E-state index < -0.39 is 11.7 Å². The van der Waals surface area contributed by atoms with Gasteiger partial charge in [0.2, 0.25) is 5.91 Å². The van der Waals surface area contributed by atoms with Crippen molar-refractivity contribution in [3.63, 3.8) is 0 Å². The molecule has 0 spiro atoms. The summed E-state index contributed by atoms with van der Waals surface area (Å²) in [5.74, 6) is 0.00234. The number of likely N-dealkylation sites (N-methyl/N-ethyl adjacent to an activating group) is 1. The second-order valence-electron chi connectivity index (χ2n) is 6.43. The summed E-state index contributed by atoms with van der Waals surface area (Å²) in [4.78, 5) is 14.1. The van der Waals surface area contributed by atoms with E-state index in [1.165, 1.54) is 12.1 Å². The van der Waals surface area contributed by atoms with Crippen molar-refractivity contribution < 1.29 is 18.0 Å². The van der Waals surface area contributed by atoms with E-state index in [0.29, 0.717) is 13.0 Å². The van der Waals surface area contributed by atoms with Gasteiger partial charge in [-0.1, -0.05) is 12.1 Å². The quantitative estimate of drug-likeness (QED) is 0.863. The summed E-state index contributed by atoms with van der Waals surface area (Å²) in [6, 6.07) is 5.39. The van der Waals surface area contributed by atoms with Crippen LogP contribution in [0.5, 0.6) is 0 Å². The van der Waals surface area contributed by atoms with E-state index in [1.807, 2.05) is 13.8 Å². The molecule has 1 aliphatic heterocycles. The molecule has 1 aromatic carbocycles. The van der Waals surface area contributed by atoms with Crippen molar-refractivity contribution in [2.24, 2.45) is 0 Å². The number of benzene rings is 1. The fourth-order valence-electron chi connectivity index (χ4n) is 3.08. The van der Waals surface area contributed by atoms with Crippen LogP contribution >= 0.6 is 0 Å². The van der Waals surface area contributed by atoms with Crippen molar-refractivity contribution in [2.75, 3.05) is 13.6 Å². The topological polar surface area (TPSA) is 44.4 Å². The summed E-state index contributed by atoms with van der Waals surface area (Å²) < 4.78 is 37.7. The predicted octanol–water partition coefficient (Wildman–Crippen LogP) is 2.39. The lowest BCUT2D eigenvalue weighted by atomic mass is 10.1. The molecule has 1 heterocycles. The molecule has 134 valence electrons. The smallest absolute Gasteiger partial charge is 0.358 e. The number of nitrogens with zero attached hydrogens (tertiary/aromatic N) is 1. The summed E-state index contributed by atoms with van der Waals surface area (Å²) in [7, 11) is 1.63. The average Bonchev–Trinajstić information content (AvgIpc) is 2.96. The number of hydrogen-bond acceptors (Lipinski definition) is 3. The van der Waals surface area contributed by atoms with Gasteiger partial charge in [0.1, 0.15) is 0 Å². The van der Waals surface area contributed by atoms with Gasteiger partial charge in [0.05, 0.1) is 11.6 Å². The van der Waals surface area contributed by atoms with E-state index >= 15 is 0 Å². The van der Waals surface area contributed by atoms with Crippen molar-refractivity contribution in [1.82, 2.24) is 15.5 Å². The number of nitrogens with one attached hydrogen (secondary N) is 2. The zero-order valence-corrected chi connectivity index (χ0v) is 14.2. The molecule has 0 bridgehead atoms. The van der Waals surface area contributed by atoms with Crippen LogP contribution in [0.25, 0.3) is 0 Å². The highest BCUT2D eigenvalue weighted by atomic mass is 19.4. The Morgan fingerprint density at radius 3 is 2.42 bits per heavy atom. The van der Waals surface area contributed by atoms with E-state index in [-0.39, 0.29) is 24.0 Å². The monoisotopic (exact) mass is 343 g/mol. The molecule has 1 aliphatic rings. The first kappa shape index (κ1) is 18.7. The molecule has 0 saturated carbocycles. The molecule has 0 radical (unpaired) electrons. The van der Waals surface area contributed by atoms with Crippen molar-refractivity contribution >= 4 is 5.91 Å². The van der Waals surface area contributed by atoms with E-state index in [9.17, 15) is 18.0 Å². The molecule has 7 heteroatoms. The minimum Gasteiger partial charge on any atom is -0.358 e. The van der Waals surface area contributed by atoms with Gasteiger partial charge in [-0.2, -0.15) is 13.2 Å². The lowest BCUT2D eigenvalue weighted by molar-refractivity contribution is -0.137. The Balaban J connectivity index is 1.94. The first-order valence-corrected chi connectivity index (χ1v) is 8.09. The number of halogens is 3. The Morgan fingerprint density at radius 2 is 1.92 bits per heavy atom. The predicted molar refractivity (Wildman–Crippen MR) is 86.4 cm³/mol. The maximum absolute atomic E-state index is 12.6. The molecular formula is C17H24F3N3O. The van der Waals surface area contributed by atoms with Gasteiger partial charge in [-0.05, 0) is 38.0 Å². The van der Waals surface area contributed by atoms with Gasteiger partial charge in [0.15, 0.2) is 0 Å². The molecule has 1 saturated heterocycles. The molecule has 4 nitrogen and oxygen atoms in total. The molecule has 1 aromatic rings. The summed E-state index contributed by atoms with van der Waals surface area (Å²) in [6.07, 6.45) is -3.62. The van der Waals surface area contributed by atoms with E-state index in [1.54, 1.807) is 7.05 Å². The summed E-state index contributed by atoms with van der Waals surface area (Å²) >= 11 is 0. The standard InChI is InChI=1S/C17H24F3N3O/c1-11(2)23-10-14(8-15(23)16(24)21-3)22-9-12-4-6-13(7-5-12)17(18,19)20/h4-7,11,14-15,22H,8-10H2,1-3H3,(H,21,24)/t14-,15-/m0/s1. The zero-order chi connectivity index (χ0) is 17.9. The highest BCUT2D eigenvalue weighted by molar-refractivity contribution is 5.81. The van der Waals surface area contributed by atoms with Gasteiger partial charge in [-0.15, -0.1) is 0 Å². The van der Waals surface area contributed by atoms with Crippen LogP contribution in [-0.4, -0.2) is 42.5 Å². The SMILES string of the molecule is CNC(=O)[C@@H]1C[C@H](NCc2ccc(C(F)(F)F)cc2)CN1C(C)C. The number of carbonyl (C=O) groups excluding carboxylic acids is 1. The second kappa shape index (κ2) is 7.53. The van der Waals surface area contributed by atoms with Crippen LogP contribution in [0, 0.1) is 0 Å². The molecule has 1 fully saturated rings. The van der Waals surface area contributed by atoms with Crippen LogP contribution in [0.3, 0.4) is 0 Å². The third-order valence-corrected chi connectivity index (χ3v) is 4.43. The fraction of sp³-hybridized carbons (Fsp3) is 0.588. The third kappa shape index (κ3) is 4.48. The normalized spacial score (nSPS) is 22.1. The molecule has 2 atom stereocenters. The van der Waals surface area contributed by atoms with Crippen LogP contribution in [0.1, 0.15) is 31.4 Å². The van der Waals surface area contributed by atoms with Crippen molar-refractivity contribution in [2.45, 2.75) is 51.1 Å². The maximum atomic E-state index is 12.6. The summed E-state index contributed by atoms with van der Waals surface area (Å²) in [5.41, 5.74) is 0.153.